The zero-order valence-electron chi connectivity index (χ0n) is 17.4. The molecule has 0 aromatic heterocycles. The molecular formula is C21H42NO3S+. The molecule has 154 valence electrons. The molecular weight excluding hydrogens is 346 g/mol. The van der Waals surface area contributed by atoms with Crippen LogP contribution >= 0.6 is 0 Å². The lowest BCUT2D eigenvalue weighted by molar-refractivity contribution is -0.141. The Morgan fingerprint density at radius 2 is 1.38 bits per heavy atom. The van der Waals surface area contributed by atoms with Crippen LogP contribution < -0.4 is 5.32 Å². The molecule has 2 N–H and O–H groups in total. The van der Waals surface area contributed by atoms with Gasteiger partial charge in [0, 0.05) is 12.8 Å². The lowest BCUT2D eigenvalue weighted by Crippen LogP contribution is -2.41. The molecule has 0 heterocycles. The summed E-state index contributed by atoms with van der Waals surface area (Å²) in [5.41, 5.74) is 0. The van der Waals surface area contributed by atoms with Crippen molar-refractivity contribution in [1.82, 2.24) is 5.32 Å². The monoisotopic (exact) mass is 388 g/mol. The fourth-order valence-electron chi connectivity index (χ4n) is 2.93. The minimum atomic E-state index is -0.905. The lowest BCUT2D eigenvalue weighted by atomic mass is 10.1. The molecule has 0 rings (SSSR count). The van der Waals surface area contributed by atoms with Gasteiger partial charge < -0.3 is 10.4 Å². The predicted molar refractivity (Wildman–Crippen MR) is 114 cm³/mol. The first-order chi connectivity index (χ1) is 12.5. The normalized spacial score (nSPS) is 13.3. The fraction of sp³-hybridized carbons (Fsp3) is 0.905. The van der Waals surface area contributed by atoms with Gasteiger partial charge in [-0.3, -0.25) is 4.79 Å². The van der Waals surface area contributed by atoms with E-state index in [9.17, 15) is 14.7 Å². The molecule has 0 saturated carbocycles. The van der Waals surface area contributed by atoms with Crippen LogP contribution in [-0.4, -0.2) is 40.8 Å². The molecule has 1 amide bonds. The van der Waals surface area contributed by atoms with Gasteiger partial charge in [-0.05, 0) is 23.7 Å². The molecule has 0 saturated heterocycles. The third-order valence-electron chi connectivity index (χ3n) is 4.74. The van der Waals surface area contributed by atoms with Crippen LogP contribution in [0.15, 0.2) is 0 Å². The molecule has 0 fully saturated rings. The van der Waals surface area contributed by atoms with E-state index in [0.29, 0.717) is 12.8 Å². The molecule has 1 unspecified atom stereocenters. The minimum Gasteiger partial charge on any atom is -0.480 e. The molecule has 0 aromatic rings. The maximum atomic E-state index is 12.0. The second-order valence-electron chi connectivity index (χ2n) is 7.37. The Hall–Kier alpha value is -0.710. The highest BCUT2D eigenvalue weighted by Crippen LogP contribution is 2.11. The van der Waals surface area contributed by atoms with Crippen molar-refractivity contribution in [3.8, 4) is 0 Å². The predicted octanol–water partition coefficient (Wildman–Crippen LogP) is 4.92. The van der Waals surface area contributed by atoms with Gasteiger partial charge in [-0.25, -0.2) is 4.79 Å². The number of hydrogen-bond donors (Lipinski definition) is 2. The number of nitrogens with one attached hydrogen (secondary N) is 1. The van der Waals surface area contributed by atoms with Crippen LogP contribution in [0.4, 0.5) is 0 Å². The SMILES string of the molecule is CCCCCCCCCCCC(=O)N[C@H](CC[S+](C)CCCC)C(=O)O. The molecule has 0 bridgehead atoms. The van der Waals surface area contributed by atoms with Crippen LogP contribution in [0, 0.1) is 0 Å². The summed E-state index contributed by atoms with van der Waals surface area (Å²) in [6.45, 7) is 4.40. The molecule has 5 heteroatoms. The maximum Gasteiger partial charge on any atom is 0.326 e. The van der Waals surface area contributed by atoms with Crippen molar-refractivity contribution in [3.05, 3.63) is 0 Å². The summed E-state index contributed by atoms with van der Waals surface area (Å²) in [5.74, 6) is 1.03. The summed E-state index contributed by atoms with van der Waals surface area (Å²) < 4.78 is 0. The van der Waals surface area contributed by atoms with Gasteiger partial charge in [0.05, 0.1) is 6.26 Å². The number of rotatable bonds is 18. The maximum absolute atomic E-state index is 12.0. The standard InChI is InChI=1S/C21H41NO3S/c1-4-6-8-9-10-11-12-13-14-15-20(23)22-19(21(24)25)16-18-26(3)17-7-5-2/h19H,4-18H2,1-3H3,(H-,22,23,24,25)/p+1/t19-,26?/m1/s1. The van der Waals surface area contributed by atoms with Crippen LogP contribution in [0.5, 0.6) is 0 Å². The smallest absolute Gasteiger partial charge is 0.326 e. The number of aliphatic carboxylic acids is 1. The van der Waals surface area contributed by atoms with Crippen molar-refractivity contribution in [2.75, 3.05) is 17.8 Å². The highest BCUT2D eigenvalue weighted by Gasteiger charge is 2.23. The van der Waals surface area contributed by atoms with E-state index in [4.69, 9.17) is 0 Å². The summed E-state index contributed by atoms with van der Waals surface area (Å²) in [6, 6.07) is -0.724. The van der Waals surface area contributed by atoms with Crippen molar-refractivity contribution in [2.45, 2.75) is 103 Å². The number of amides is 1. The fourth-order valence-corrected chi connectivity index (χ4v) is 4.56. The summed E-state index contributed by atoms with van der Waals surface area (Å²) in [7, 11) is 0.251. The number of carbonyl (C=O) groups excluding carboxylic acids is 1. The largest absolute Gasteiger partial charge is 0.480 e. The zero-order valence-corrected chi connectivity index (χ0v) is 18.2. The molecule has 4 nitrogen and oxygen atoms in total. The van der Waals surface area contributed by atoms with Crippen molar-refractivity contribution < 1.29 is 14.7 Å². The van der Waals surface area contributed by atoms with Gasteiger partial charge >= 0.3 is 5.97 Å². The Bertz CT molecular complexity index is 363. The minimum absolute atomic E-state index is 0.107. The third kappa shape index (κ3) is 15.5. The first-order valence-electron chi connectivity index (χ1n) is 10.6. The van der Waals surface area contributed by atoms with Gasteiger partial charge in [-0.15, -0.1) is 0 Å². The second kappa shape index (κ2) is 17.7. The first-order valence-corrected chi connectivity index (χ1v) is 12.6. The van der Waals surface area contributed by atoms with Crippen molar-refractivity contribution >= 4 is 22.8 Å². The Morgan fingerprint density at radius 3 is 1.92 bits per heavy atom. The molecule has 0 aromatic carbocycles. The summed E-state index contributed by atoms with van der Waals surface area (Å²) in [4.78, 5) is 23.4. The second-order valence-corrected chi connectivity index (χ2v) is 9.75. The number of hydrogen-bond acceptors (Lipinski definition) is 2. The molecule has 0 radical (unpaired) electrons. The number of carboxylic acids is 1. The van der Waals surface area contributed by atoms with Gasteiger partial charge in [-0.2, -0.15) is 0 Å². The Labute approximate surface area is 164 Å². The first kappa shape index (κ1) is 25.3. The van der Waals surface area contributed by atoms with Gasteiger partial charge in [-0.1, -0.05) is 71.6 Å². The summed E-state index contributed by atoms with van der Waals surface area (Å²) >= 11 is 0. The highest BCUT2D eigenvalue weighted by molar-refractivity contribution is 7.96. The van der Waals surface area contributed by atoms with Gasteiger partial charge in [0.2, 0.25) is 5.91 Å². The topological polar surface area (TPSA) is 66.4 Å². The Balaban J connectivity index is 3.79. The number of carboxylic acid groups (broad SMARTS) is 1. The number of carbonyl (C=O) groups is 2. The van der Waals surface area contributed by atoms with Gasteiger partial charge in [0.25, 0.3) is 0 Å². The van der Waals surface area contributed by atoms with E-state index in [0.717, 1.165) is 24.3 Å². The average molecular weight is 389 g/mol. The summed E-state index contributed by atoms with van der Waals surface area (Å²) in [5, 5.41) is 12.0. The molecule has 2 atom stereocenters. The van der Waals surface area contributed by atoms with Gasteiger partial charge in [0.15, 0.2) is 0 Å². The quantitative estimate of drug-likeness (QED) is 0.259. The molecule has 0 aliphatic rings. The van der Waals surface area contributed by atoms with E-state index in [1.54, 1.807) is 0 Å². The van der Waals surface area contributed by atoms with E-state index in [1.165, 1.54) is 57.8 Å². The zero-order chi connectivity index (χ0) is 19.6. The van der Waals surface area contributed by atoms with E-state index in [2.05, 4.69) is 25.4 Å². The van der Waals surface area contributed by atoms with Gasteiger partial charge in [0.1, 0.15) is 17.5 Å². The average Bonchev–Trinajstić information content (AvgIpc) is 2.61. The van der Waals surface area contributed by atoms with Crippen LogP contribution in [0.3, 0.4) is 0 Å². The Kier molecular flexibility index (Phi) is 17.2. The Morgan fingerprint density at radius 1 is 0.846 bits per heavy atom. The third-order valence-corrected chi connectivity index (χ3v) is 6.66. The van der Waals surface area contributed by atoms with Crippen molar-refractivity contribution in [3.63, 3.8) is 0 Å². The highest BCUT2D eigenvalue weighted by atomic mass is 32.2. The molecule has 0 aliphatic heterocycles. The van der Waals surface area contributed by atoms with Crippen LogP contribution in [0.2, 0.25) is 0 Å². The summed E-state index contributed by atoms with van der Waals surface area (Å²) in [6.07, 6.45) is 16.5. The van der Waals surface area contributed by atoms with Crippen LogP contribution in [-0.2, 0) is 20.5 Å². The van der Waals surface area contributed by atoms with E-state index in [1.807, 2.05) is 0 Å². The number of unbranched alkanes of at least 4 members (excludes halogenated alkanes) is 9. The van der Waals surface area contributed by atoms with E-state index < -0.39 is 12.0 Å². The van der Waals surface area contributed by atoms with Crippen molar-refractivity contribution in [1.29, 1.82) is 0 Å². The molecule has 26 heavy (non-hydrogen) atoms. The van der Waals surface area contributed by atoms with Crippen LogP contribution in [0.1, 0.15) is 97.3 Å². The van der Waals surface area contributed by atoms with E-state index >= 15 is 0 Å². The van der Waals surface area contributed by atoms with Crippen molar-refractivity contribution in [2.24, 2.45) is 0 Å². The van der Waals surface area contributed by atoms with Crippen LogP contribution in [0.25, 0.3) is 0 Å². The lowest BCUT2D eigenvalue weighted by Gasteiger charge is -2.14. The molecule has 0 spiro atoms. The van der Waals surface area contributed by atoms with E-state index in [-0.39, 0.29) is 16.8 Å². The molecule has 0 aliphatic carbocycles.